The average molecular weight is 1690 g/mol. The fourth-order valence-electron chi connectivity index (χ4n) is 21.9. The predicted octanol–water partition coefficient (Wildman–Crippen LogP) is 28.8. The number of hydrogen-bond acceptors (Lipinski definition) is 5. The van der Waals surface area contributed by atoms with E-state index in [9.17, 15) is 0 Å². The van der Waals surface area contributed by atoms with Crippen molar-refractivity contribution in [3.05, 3.63) is 517 Å². The zero-order valence-electron chi connectivity index (χ0n) is 72.2. The van der Waals surface area contributed by atoms with Gasteiger partial charge in [0, 0.05) is 56.5 Å². The Hall–Kier alpha value is -17.0. The quantitative estimate of drug-likeness (QED) is 0.116. The number of para-hydroxylation sites is 4. The van der Waals surface area contributed by atoms with Crippen molar-refractivity contribution in [1.82, 2.24) is 14.0 Å². The minimum Gasteiger partial charge on any atom is -0.333 e. The fraction of sp³-hybridized carbons (Fsp3) is 0.0323. The molecule has 26 rings (SSSR count). The number of hydrogen-bond donors (Lipinski definition) is 1. The Labute approximate surface area is 764 Å². The summed E-state index contributed by atoms with van der Waals surface area (Å²) in [5, 5.41) is 11.8. The molecule has 3 aliphatic heterocycles. The van der Waals surface area contributed by atoms with Crippen LogP contribution >= 0.6 is 0 Å². The minimum absolute atomic E-state index is 0.266. The van der Waals surface area contributed by atoms with Crippen LogP contribution in [-0.2, 0) is 5.41 Å². The molecule has 0 fully saturated rings. The second-order valence-corrected chi connectivity index (χ2v) is 35.2. The third-order valence-corrected chi connectivity index (χ3v) is 28.0. The Kier molecular flexibility index (Phi) is 17.8. The monoisotopic (exact) mass is 1680 g/mol. The van der Waals surface area contributed by atoms with Crippen LogP contribution in [0.5, 0.6) is 0 Å². The number of nitrogens with zero attached hydrogens (tertiary/aromatic N) is 7. The lowest BCUT2D eigenvalue weighted by atomic mass is 9.65. The van der Waals surface area contributed by atoms with Gasteiger partial charge in [-0.25, -0.2) is 15.0 Å². The van der Waals surface area contributed by atoms with E-state index in [1.54, 1.807) is 0 Å². The highest BCUT2D eigenvalue weighted by atomic mass is 15.3. The minimum atomic E-state index is -0.766. The number of aliphatic imine (C=N–C) groups is 4. The molecule has 8 heteroatoms. The van der Waals surface area contributed by atoms with Crippen molar-refractivity contribution in [3.63, 3.8) is 0 Å². The molecule has 2 aromatic heterocycles. The first-order valence-corrected chi connectivity index (χ1v) is 45.5. The molecule has 2 N–H and O–H groups in total. The molecule has 3 atom stereocenters. The van der Waals surface area contributed by atoms with E-state index in [1.807, 2.05) is 0 Å². The van der Waals surface area contributed by atoms with Crippen molar-refractivity contribution in [2.24, 2.45) is 20.0 Å². The zero-order chi connectivity index (χ0) is 87.1. The number of benzene rings is 20. The van der Waals surface area contributed by atoms with Gasteiger partial charge < -0.3 is 14.0 Å². The van der Waals surface area contributed by atoms with E-state index < -0.39 is 11.6 Å². The van der Waals surface area contributed by atoms with Gasteiger partial charge in [-0.15, -0.1) is 0 Å². The number of fused-ring (bicyclic) bond motifs is 17. The molecule has 0 radical (unpaired) electrons. The van der Waals surface area contributed by atoms with E-state index in [0.29, 0.717) is 11.7 Å². The zero-order valence-corrected chi connectivity index (χ0v) is 72.2. The molecule has 8 nitrogen and oxygen atoms in total. The van der Waals surface area contributed by atoms with Crippen molar-refractivity contribution in [2.45, 2.75) is 17.7 Å². The van der Waals surface area contributed by atoms with Gasteiger partial charge in [0.2, 0.25) is 12.0 Å². The Morgan fingerprint density at radius 1 is 0.258 bits per heavy atom. The molecule has 132 heavy (non-hydrogen) atoms. The molecule has 618 valence electrons. The molecule has 4 aliphatic rings. The first-order chi connectivity index (χ1) is 65.3. The van der Waals surface area contributed by atoms with E-state index in [-0.39, 0.29) is 6.17 Å². The van der Waals surface area contributed by atoms with Gasteiger partial charge in [0.15, 0.2) is 11.7 Å². The van der Waals surface area contributed by atoms with E-state index in [1.165, 1.54) is 98.8 Å². The number of nitrogens with two attached hydrogens (primary N) is 1. The molecule has 0 amide bonds. The van der Waals surface area contributed by atoms with Gasteiger partial charge in [-0.2, -0.15) is 4.99 Å². The molecule has 1 aliphatic carbocycles. The van der Waals surface area contributed by atoms with Crippen LogP contribution in [0.3, 0.4) is 0 Å². The van der Waals surface area contributed by atoms with Crippen LogP contribution in [0.1, 0.15) is 68.0 Å². The summed E-state index contributed by atoms with van der Waals surface area (Å²) in [6, 6.07) is 170. The maximum atomic E-state index is 5.77. The molecule has 0 saturated heterocycles. The highest BCUT2D eigenvalue weighted by molar-refractivity contribution is 6.17. The molecule has 0 saturated carbocycles. The van der Waals surface area contributed by atoms with Gasteiger partial charge in [0.25, 0.3) is 0 Å². The third kappa shape index (κ3) is 12.3. The van der Waals surface area contributed by atoms with Gasteiger partial charge in [0.1, 0.15) is 12.0 Å². The first-order valence-electron chi connectivity index (χ1n) is 45.5. The van der Waals surface area contributed by atoms with Crippen LogP contribution in [0.2, 0.25) is 0 Å². The highest BCUT2D eigenvalue weighted by Crippen LogP contribution is 2.62. The largest absolute Gasteiger partial charge is 0.333 e. The molecule has 0 bridgehead atoms. The summed E-state index contributed by atoms with van der Waals surface area (Å²) in [6.07, 6.45) is -0.695. The maximum absolute atomic E-state index is 5.77. The molecule has 1 spiro atoms. The number of rotatable bonds is 14. The van der Waals surface area contributed by atoms with Crippen LogP contribution in [0, 0.1) is 0 Å². The van der Waals surface area contributed by atoms with E-state index in [2.05, 4.69) is 487 Å². The van der Waals surface area contributed by atoms with Crippen molar-refractivity contribution in [1.29, 1.82) is 0 Å². The molecule has 3 unspecified atom stereocenters. The molecular formula is C124H83N8+. The smallest absolute Gasteiger partial charge is 0.235 e. The number of quaternary nitrogens is 1. The van der Waals surface area contributed by atoms with E-state index >= 15 is 0 Å². The topological polar surface area (TPSA) is 79.1 Å². The lowest BCUT2D eigenvalue weighted by Gasteiger charge is -2.40. The predicted molar refractivity (Wildman–Crippen MR) is 546 cm³/mol. The normalized spacial score (nSPS) is 15.5. The second-order valence-electron chi connectivity index (χ2n) is 35.2. The number of amidine groups is 4. The summed E-state index contributed by atoms with van der Waals surface area (Å²) < 4.78 is 4.96. The van der Waals surface area contributed by atoms with Crippen molar-refractivity contribution in [3.8, 4) is 100 Å². The lowest BCUT2D eigenvalue weighted by Crippen LogP contribution is -2.90. The Bertz CT molecular complexity index is 8560. The summed E-state index contributed by atoms with van der Waals surface area (Å²) >= 11 is 0. The summed E-state index contributed by atoms with van der Waals surface area (Å²) in [5.41, 5.74) is 35.6. The van der Waals surface area contributed by atoms with Gasteiger partial charge >= 0.3 is 0 Å². The SMILES string of the molecule is CN1C(c2cccc(-c3ccc4c(c3)-n3c5ccccc5c5cccc(c53)C43c4ccccc4-c4ccc(-c5ccc6ccccc6c5-c5cccc(C6=NC(c7ccc(-c8ccccc8)cc7)[NH2+]C(c7ccccc7)=N6)c5)cc43)c2)=NC(c2cccc(-c3c(-c4ccc(-n5c6ccccc6c6ccccc65)cc4)ccc4ccccc34)c2)=NC1c1ccc(-c2ccccc2)cc1. The fourth-order valence-corrected chi connectivity index (χ4v) is 21.9. The molecule has 20 aromatic carbocycles. The van der Waals surface area contributed by atoms with Crippen molar-refractivity contribution in [2.75, 3.05) is 7.05 Å². The maximum Gasteiger partial charge on any atom is 0.235 e. The van der Waals surface area contributed by atoms with Gasteiger partial charge in [-0.3, -0.25) is 5.32 Å². The third-order valence-electron chi connectivity index (χ3n) is 28.0. The summed E-state index contributed by atoms with van der Waals surface area (Å²) in [6.45, 7) is 0. The molecular weight excluding hydrogens is 1600 g/mol. The van der Waals surface area contributed by atoms with E-state index in [0.717, 1.165) is 134 Å². The number of aromatic nitrogens is 2. The lowest BCUT2D eigenvalue weighted by molar-refractivity contribution is -0.586. The summed E-state index contributed by atoms with van der Waals surface area (Å²) in [4.78, 5) is 24.7. The Morgan fingerprint density at radius 2 is 0.689 bits per heavy atom. The Morgan fingerprint density at radius 3 is 1.33 bits per heavy atom. The van der Waals surface area contributed by atoms with Crippen LogP contribution < -0.4 is 5.32 Å². The van der Waals surface area contributed by atoms with Gasteiger partial charge in [-0.1, -0.05) is 388 Å². The summed E-state index contributed by atoms with van der Waals surface area (Å²) in [5.74, 6) is 3.07. The average Bonchev–Trinajstić information content (AvgIpc) is 1.49. The Balaban J connectivity index is 0.601. The van der Waals surface area contributed by atoms with E-state index in [4.69, 9.17) is 20.0 Å². The van der Waals surface area contributed by atoms with Crippen molar-refractivity contribution < 1.29 is 5.32 Å². The van der Waals surface area contributed by atoms with Gasteiger partial charge in [0.05, 0.1) is 38.7 Å². The summed E-state index contributed by atoms with van der Waals surface area (Å²) in [7, 11) is 2.15. The van der Waals surface area contributed by atoms with Crippen LogP contribution in [0.15, 0.2) is 481 Å². The second kappa shape index (κ2) is 30.9. The van der Waals surface area contributed by atoms with Crippen LogP contribution in [0.4, 0.5) is 0 Å². The van der Waals surface area contributed by atoms with Crippen molar-refractivity contribution >= 4 is 88.5 Å². The van der Waals surface area contributed by atoms with Gasteiger partial charge in [-0.05, 0) is 211 Å². The first kappa shape index (κ1) is 76.2. The highest BCUT2D eigenvalue weighted by Gasteiger charge is 2.51. The molecule has 5 heterocycles. The van der Waals surface area contributed by atoms with Crippen LogP contribution in [-0.4, -0.2) is 44.4 Å². The van der Waals surface area contributed by atoms with Crippen LogP contribution in [0.25, 0.3) is 166 Å². The standard InChI is InChI=1S/C124H82N8/c1-130-122(87-59-55-81(56-60-87)79-29-7-3-8-30-79)128-121(94-39-25-36-91(75-94)115-97-41-13-11-31-82(97)63-69-99(115)84-61-67-96(68-62-84)131-111-50-20-16-44-103(111)104-45-17-21-51-112(104)131)129-123(130)95-40-23-35-88(73-95)89-66-72-108-114(77-89)132-113-52-22-18-46-105(113)106-47-26-49-109(117(106)132)124(108)107-48-19-15-43-101(107)102-71-65-90(76-110(102)124)100-70-64-83-32-12-14-42-98(83)116(100)92-37-24-38-93(74-92)120-126-118(85-33-9-4-10-34-85)125-119(127-120)86-57-53-80(54-58-86)78-27-5-2-6-28-78/h2-77,119,122H,1H3,(H,125,126,127)/p+1. The molecule has 22 aromatic rings.